The van der Waals surface area contributed by atoms with E-state index >= 15 is 0 Å². The number of ketones is 1. The Bertz CT molecular complexity index is 351. The number of hydrogen-bond donors (Lipinski definition) is 0. The molecule has 0 spiro atoms. The van der Waals surface area contributed by atoms with E-state index in [1.54, 1.807) is 11.9 Å². The van der Waals surface area contributed by atoms with Crippen LogP contribution < -0.4 is 0 Å². The predicted molar refractivity (Wildman–Crippen MR) is 73.6 cm³/mol. The number of allylic oxidation sites excluding steroid dienone is 3. The fraction of sp³-hybridized carbons (Fsp3) is 0.429. The Balaban J connectivity index is 0.00000121. The van der Waals surface area contributed by atoms with Crippen molar-refractivity contribution in [3.8, 4) is 0 Å². The van der Waals surface area contributed by atoms with Crippen molar-refractivity contribution < 1.29 is 4.79 Å². The second kappa shape index (κ2) is 8.50. The Morgan fingerprint density at radius 3 is 2.53 bits per heavy atom. The lowest BCUT2D eigenvalue weighted by molar-refractivity contribution is -0.115. The summed E-state index contributed by atoms with van der Waals surface area (Å²) in [7, 11) is 0. The minimum atomic E-state index is 0.137. The number of nitrogens with zero attached hydrogens (tertiary/aromatic N) is 2. The van der Waals surface area contributed by atoms with E-state index in [-0.39, 0.29) is 5.78 Å². The first kappa shape index (κ1) is 15.4. The Morgan fingerprint density at radius 1 is 1.41 bits per heavy atom. The molecular weight excluding hydrogens is 212 g/mol. The summed E-state index contributed by atoms with van der Waals surface area (Å²) in [6.45, 7) is 11.4. The van der Waals surface area contributed by atoms with Gasteiger partial charge in [0.25, 0.3) is 0 Å². The monoisotopic (exact) mass is 234 g/mol. The van der Waals surface area contributed by atoms with Gasteiger partial charge in [-0.3, -0.25) is 4.79 Å². The van der Waals surface area contributed by atoms with E-state index in [4.69, 9.17) is 0 Å². The van der Waals surface area contributed by atoms with E-state index in [1.807, 2.05) is 45.2 Å². The van der Waals surface area contributed by atoms with Gasteiger partial charge in [0.05, 0.1) is 5.70 Å². The highest BCUT2D eigenvalue weighted by Crippen LogP contribution is 2.11. The first-order valence-corrected chi connectivity index (χ1v) is 6.02. The highest BCUT2D eigenvalue weighted by atomic mass is 16.1. The molecule has 0 aromatic rings. The number of carbonyl (C=O) groups excluding carboxylic acids is 1. The van der Waals surface area contributed by atoms with Crippen LogP contribution in [-0.2, 0) is 4.79 Å². The third-order valence-corrected chi connectivity index (χ3v) is 2.03. The smallest absolute Gasteiger partial charge is 0.135 e. The lowest BCUT2D eigenvalue weighted by Gasteiger charge is -2.18. The Morgan fingerprint density at radius 2 is 2.06 bits per heavy atom. The summed E-state index contributed by atoms with van der Waals surface area (Å²) < 4.78 is 0. The molecule has 94 valence electrons. The molecule has 1 rings (SSSR count). The Kier molecular flexibility index (Phi) is 7.68. The first-order chi connectivity index (χ1) is 8.13. The predicted octanol–water partition coefficient (Wildman–Crippen LogP) is 3.66. The van der Waals surface area contributed by atoms with Crippen molar-refractivity contribution in [3.63, 3.8) is 0 Å². The average molecular weight is 234 g/mol. The van der Waals surface area contributed by atoms with Crippen LogP contribution >= 0.6 is 0 Å². The van der Waals surface area contributed by atoms with Crippen LogP contribution in [0.1, 0.15) is 40.5 Å². The summed E-state index contributed by atoms with van der Waals surface area (Å²) >= 11 is 0. The lowest BCUT2D eigenvalue weighted by atomic mass is 10.2. The third kappa shape index (κ3) is 5.85. The van der Waals surface area contributed by atoms with Crippen LogP contribution in [0, 0.1) is 0 Å². The van der Waals surface area contributed by atoms with Gasteiger partial charge in [-0.2, -0.15) is 5.10 Å². The molecule has 0 radical (unpaired) electrons. The second-order valence-electron chi connectivity index (χ2n) is 3.44. The fourth-order valence-corrected chi connectivity index (χ4v) is 1.24. The summed E-state index contributed by atoms with van der Waals surface area (Å²) in [6, 6.07) is 0. The zero-order valence-electron chi connectivity index (χ0n) is 11.2. The van der Waals surface area contributed by atoms with Gasteiger partial charge in [-0.1, -0.05) is 33.4 Å². The molecule has 0 aromatic carbocycles. The summed E-state index contributed by atoms with van der Waals surface area (Å²) in [5, 5.41) is 6.06. The minimum absolute atomic E-state index is 0.137. The molecule has 0 unspecified atom stereocenters. The van der Waals surface area contributed by atoms with E-state index in [0.717, 1.165) is 17.8 Å². The van der Waals surface area contributed by atoms with Crippen LogP contribution in [0.3, 0.4) is 0 Å². The second-order valence-corrected chi connectivity index (χ2v) is 3.44. The van der Waals surface area contributed by atoms with E-state index < -0.39 is 0 Å². The Hall–Kier alpha value is -1.64. The molecule has 1 heterocycles. The molecule has 0 saturated carbocycles. The lowest BCUT2D eigenvalue weighted by Crippen LogP contribution is -2.14. The topological polar surface area (TPSA) is 32.7 Å². The van der Waals surface area contributed by atoms with Crippen LogP contribution in [0.2, 0.25) is 0 Å². The van der Waals surface area contributed by atoms with Gasteiger partial charge in [-0.15, -0.1) is 0 Å². The highest BCUT2D eigenvalue weighted by molar-refractivity contribution is 6.00. The minimum Gasteiger partial charge on any atom is -0.300 e. The molecule has 0 atom stereocenters. The highest BCUT2D eigenvalue weighted by Gasteiger charge is 2.06. The van der Waals surface area contributed by atoms with Crippen molar-refractivity contribution in [2.24, 2.45) is 5.10 Å². The van der Waals surface area contributed by atoms with E-state index in [0.29, 0.717) is 6.42 Å². The molecule has 0 saturated heterocycles. The van der Waals surface area contributed by atoms with Gasteiger partial charge in [-0.05, 0) is 25.5 Å². The first-order valence-electron chi connectivity index (χ1n) is 6.02. The van der Waals surface area contributed by atoms with Crippen molar-refractivity contribution >= 4 is 11.5 Å². The van der Waals surface area contributed by atoms with Crippen LogP contribution in [0.25, 0.3) is 0 Å². The van der Waals surface area contributed by atoms with Crippen LogP contribution in [0.5, 0.6) is 0 Å². The maximum absolute atomic E-state index is 11.0. The van der Waals surface area contributed by atoms with Crippen LogP contribution in [0.15, 0.2) is 41.8 Å². The summed E-state index contributed by atoms with van der Waals surface area (Å²) in [5.74, 6) is 0.137. The van der Waals surface area contributed by atoms with Gasteiger partial charge in [0.15, 0.2) is 0 Å². The molecule has 1 aliphatic rings. The summed E-state index contributed by atoms with van der Waals surface area (Å²) in [6.07, 6.45) is 8.70. The Labute approximate surface area is 104 Å². The number of carbonyl (C=O) groups is 1. The van der Waals surface area contributed by atoms with Crippen molar-refractivity contribution in [2.75, 3.05) is 0 Å². The number of rotatable bonds is 4. The summed E-state index contributed by atoms with van der Waals surface area (Å²) in [4.78, 5) is 11.0. The van der Waals surface area contributed by atoms with Gasteiger partial charge >= 0.3 is 0 Å². The zero-order chi connectivity index (χ0) is 13.3. The molecule has 0 N–H and O–H groups in total. The molecule has 0 aromatic heterocycles. The van der Waals surface area contributed by atoms with Gasteiger partial charge in [0.1, 0.15) is 5.78 Å². The largest absolute Gasteiger partial charge is 0.300 e. The van der Waals surface area contributed by atoms with Crippen molar-refractivity contribution in [1.82, 2.24) is 5.01 Å². The van der Waals surface area contributed by atoms with Gasteiger partial charge in [0, 0.05) is 18.3 Å². The third-order valence-electron chi connectivity index (χ3n) is 2.03. The molecule has 3 heteroatoms. The van der Waals surface area contributed by atoms with Crippen molar-refractivity contribution in [3.05, 3.63) is 36.7 Å². The number of Topliss-reactive ketones (excluding diaryl/α,β-unsaturated/α-hetero) is 1. The van der Waals surface area contributed by atoms with Gasteiger partial charge in [0.2, 0.25) is 0 Å². The molecule has 0 amide bonds. The van der Waals surface area contributed by atoms with Crippen LogP contribution in [-0.4, -0.2) is 16.5 Å². The van der Waals surface area contributed by atoms with E-state index in [1.165, 1.54) is 0 Å². The zero-order valence-corrected chi connectivity index (χ0v) is 11.2. The number of hydrogen-bond acceptors (Lipinski definition) is 3. The molecule has 17 heavy (non-hydrogen) atoms. The summed E-state index contributed by atoms with van der Waals surface area (Å²) in [5.41, 5.74) is 1.69. The van der Waals surface area contributed by atoms with E-state index in [2.05, 4.69) is 11.7 Å². The number of hydrazone groups is 1. The standard InChI is InChI=1S/C12H16N2O.C2H6/c1-4-12(9-11(3)15)13-14-8-6-5-7-10(14)2;1-2/h5-8H,2,4,9H2,1,3H3;1-2H3/b13-12-;. The maximum Gasteiger partial charge on any atom is 0.135 e. The van der Waals surface area contributed by atoms with Crippen LogP contribution in [0.4, 0.5) is 0 Å². The molecule has 0 bridgehead atoms. The SMILES string of the molecule is C=C1C=CC=CN1/N=C(/CC)CC(C)=O.CC. The van der Waals surface area contributed by atoms with Gasteiger partial charge in [-0.25, -0.2) is 5.01 Å². The fourth-order valence-electron chi connectivity index (χ4n) is 1.24. The van der Waals surface area contributed by atoms with Gasteiger partial charge < -0.3 is 0 Å². The average Bonchev–Trinajstić information content (AvgIpc) is 2.33. The normalized spacial score (nSPS) is 14.5. The molecule has 1 aliphatic heterocycles. The van der Waals surface area contributed by atoms with E-state index in [9.17, 15) is 4.79 Å². The maximum atomic E-state index is 11.0. The van der Waals surface area contributed by atoms with Crippen molar-refractivity contribution in [2.45, 2.75) is 40.5 Å². The molecule has 0 aliphatic carbocycles. The molecule has 3 nitrogen and oxygen atoms in total. The molecular formula is C14H22N2O. The van der Waals surface area contributed by atoms with Crippen molar-refractivity contribution in [1.29, 1.82) is 0 Å². The quantitative estimate of drug-likeness (QED) is 0.695. The molecule has 0 fully saturated rings.